The second-order valence-corrected chi connectivity index (χ2v) is 4.59. The largest absolute Gasteiger partial charge is 0.378 e. The molecule has 1 amide bonds. The molecule has 94 valence electrons. The molecule has 1 aliphatic carbocycles. The van der Waals surface area contributed by atoms with Crippen LogP contribution < -0.4 is 11.1 Å². The fourth-order valence-electron chi connectivity index (χ4n) is 1.94. The molecular weight excluding hydrogens is 204 g/mol. The maximum absolute atomic E-state index is 11.5. The second-order valence-electron chi connectivity index (χ2n) is 4.59. The van der Waals surface area contributed by atoms with Crippen LogP contribution in [0.4, 0.5) is 0 Å². The van der Waals surface area contributed by atoms with Crippen LogP contribution in [0.3, 0.4) is 0 Å². The first-order valence-electron chi connectivity index (χ1n) is 6.29. The van der Waals surface area contributed by atoms with Crippen molar-refractivity contribution in [1.82, 2.24) is 5.32 Å². The minimum absolute atomic E-state index is 0.0847. The van der Waals surface area contributed by atoms with Crippen molar-refractivity contribution < 1.29 is 9.53 Å². The lowest BCUT2D eigenvalue weighted by molar-refractivity contribution is -0.124. The molecule has 1 unspecified atom stereocenters. The highest BCUT2D eigenvalue weighted by atomic mass is 16.5. The van der Waals surface area contributed by atoms with Gasteiger partial charge < -0.3 is 15.8 Å². The first kappa shape index (κ1) is 13.5. The summed E-state index contributed by atoms with van der Waals surface area (Å²) in [4.78, 5) is 11.5. The Bertz CT molecular complexity index is 215. The number of carbonyl (C=O) groups is 1. The third-order valence-corrected chi connectivity index (χ3v) is 3.15. The molecule has 1 saturated carbocycles. The molecule has 1 atom stereocenters. The van der Waals surface area contributed by atoms with Gasteiger partial charge in [-0.2, -0.15) is 0 Å². The summed E-state index contributed by atoms with van der Waals surface area (Å²) in [5, 5.41) is 2.87. The Hall–Kier alpha value is -0.610. The number of carbonyl (C=O) groups excluding carboxylic acids is 1. The third-order valence-electron chi connectivity index (χ3n) is 3.15. The Morgan fingerprint density at radius 1 is 1.50 bits per heavy atom. The van der Waals surface area contributed by atoms with Crippen LogP contribution in [0, 0.1) is 5.92 Å². The van der Waals surface area contributed by atoms with E-state index in [1.54, 1.807) is 0 Å². The minimum Gasteiger partial charge on any atom is -0.378 e. The average molecular weight is 228 g/mol. The van der Waals surface area contributed by atoms with Crippen LogP contribution in [-0.4, -0.2) is 31.2 Å². The summed E-state index contributed by atoms with van der Waals surface area (Å²) in [5.74, 6) is 0.637. The van der Waals surface area contributed by atoms with Gasteiger partial charge in [0.15, 0.2) is 0 Å². The molecule has 0 aromatic carbocycles. The lowest BCUT2D eigenvalue weighted by Crippen LogP contribution is -2.40. The predicted molar refractivity (Wildman–Crippen MR) is 64.0 cm³/mol. The Balaban J connectivity index is 2.03. The molecular formula is C12H24N2O2. The van der Waals surface area contributed by atoms with Crippen LogP contribution in [0.1, 0.15) is 39.5 Å². The fourth-order valence-corrected chi connectivity index (χ4v) is 1.94. The van der Waals surface area contributed by atoms with Crippen molar-refractivity contribution in [3.8, 4) is 0 Å². The molecule has 1 aliphatic rings. The first-order chi connectivity index (χ1) is 7.65. The van der Waals surface area contributed by atoms with Crippen molar-refractivity contribution in [2.75, 3.05) is 13.2 Å². The van der Waals surface area contributed by atoms with E-state index in [4.69, 9.17) is 10.5 Å². The SMILES string of the molecule is CCOC1CC(CC(=O)NCC(N)CC)C1. The number of hydrogen-bond donors (Lipinski definition) is 2. The number of amides is 1. The normalized spacial score (nSPS) is 25.9. The summed E-state index contributed by atoms with van der Waals surface area (Å²) in [6, 6.07) is 0.0847. The fraction of sp³-hybridized carbons (Fsp3) is 0.917. The van der Waals surface area contributed by atoms with E-state index in [0.717, 1.165) is 25.9 Å². The molecule has 0 spiro atoms. The van der Waals surface area contributed by atoms with Gasteiger partial charge in [0, 0.05) is 25.6 Å². The quantitative estimate of drug-likeness (QED) is 0.684. The van der Waals surface area contributed by atoms with Crippen LogP contribution in [0.2, 0.25) is 0 Å². The highest BCUT2D eigenvalue weighted by Gasteiger charge is 2.30. The van der Waals surface area contributed by atoms with Crippen molar-refractivity contribution in [3.63, 3.8) is 0 Å². The van der Waals surface area contributed by atoms with Gasteiger partial charge in [0.25, 0.3) is 0 Å². The van der Waals surface area contributed by atoms with Crippen LogP contribution in [-0.2, 0) is 9.53 Å². The Labute approximate surface area is 97.9 Å². The van der Waals surface area contributed by atoms with Gasteiger partial charge in [-0.3, -0.25) is 4.79 Å². The summed E-state index contributed by atoms with van der Waals surface area (Å²) in [7, 11) is 0. The van der Waals surface area contributed by atoms with E-state index in [2.05, 4.69) is 5.32 Å². The van der Waals surface area contributed by atoms with Crippen molar-refractivity contribution in [2.24, 2.45) is 11.7 Å². The molecule has 0 aromatic heterocycles. The Kier molecular flexibility index (Phi) is 5.77. The lowest BCUT2D eigenvalue weighted by Gasteiger charge is -2.34. The van der Waals surface area contributed by atoms with Gasteiger partial charge in [0.1, 0.15) is 0 Å². The zero-order valence-electron chi connectivity index (χ0n) is 10.4. The molecule has 0 bridgehead atoms. The summed E-state index contributed by atoms with van der Waals surface area (Å²) >= 11 is 0. The highest BCUT2D eigenvalue weighted by Crippen LogP contribution is 2.32. The van der Waals surface area contributed by atoms with Gasteiger partial charge in [-0.15, -0.1) is 0 Å². The van der Waals surface area contributed by atoms with Crippen LogP contribution in [0.5, 0.6) is 0 Å². The monoisotopic (exact) mass is 228 g/mol. The van der Waals surface area contributed by atoms with Gasteiger partial charge in [-0.25, -0.2) is 0 Å². The predicted octanol–water partition coefficient (Wildman–Crippen LogP) is 1.05. The van der Waals surface area contributed by atoms with E-state index in [1.807, 2.05) is 13.8 Å². The van der Waals surface area contributed by atoms with Gasteiger partial charge >= 0.3 is 0 Å². The zero-order valence-corrected chi connectivity index (χ0v) is 10.4. The topological polar surface area (TPSA) is 64.3 Å². The third kappa shape index (κ3) is 4.49. The summed E-state index contributed by atoms with van der Waals surface area (Å²) in [6.07, 6.45) is 3.97. The maximum Gasteiger partial charge on any atom is 0.220 e. The molecule has 16 heavy (non-hydrogen) atoms. The van der Waals surface area contributed by atoms with Crippen LogP contribution in [0.25, 0.3) is 0 Å². The van der Waals surface area contributed by atoms with E-state index >= 15 is 0 Å². The summed E-state index contributed by atoms with van der Waals surface area (Å²) < 4.78 is 5.45. The number of rotatable bonds is 7. The molecule has 4 heteroatoms. The molecule has 0 aromatic rings. The molecule has 0 radical (unpaired) electrons. The van der Waals surface area contributed by atoms with Gasteiger partial charge in [0.2, 0.25) is 5.91 Å². The Morgan fingerprint density at radius 3 is 2.75 bits per heavy atom. The second kappa shape index (κ2) is 6.86. The molecule has 1 fully saturated rings. The summed E-state index contributed by atoms with van der Waals surface area (Å²) in [6.45, 7) is 5.40. The number of nitrogens with one attached hydrogen (secondary N) is 1. The zero-order chi connectivity index (χ0) is 12.0. The Morgan fingerprint density at radius 2 is 2.19 bits per heavy atom. The minimum atomic E-state index is 0.0847. The van der Waals surface area contributed by atoms with E-state index in [9.17, 15) is 4.79 Å². The van der Waals surface area contributed by atoms with E-state index < -0.39 is 0 Å². The van der Waals surface area contributed by atoms with E-state index in [-0.39, 0.29) is 11.9 Å². The van der Waals surface area contributed by atoms with Crippen molar-refractivity contribution >= 4 is 5.91 Å². The van der Waals surface area contributed by atoms with Gasteiger partial charge in [0.05, 0.1) is 6.10 Å². The molecule has 0 aliphatic heterocycles. The van der Waals surface area contributed by atoms with Crippen molar-refractivity contribution in [2.45, 2.75) is 51.7 Å². The number of ether oxygens (including phenoxy) is 1. The van der Waals surface area contributed by atoms with Crippen LogP contribution in [0.15, 0.2) is 0 Å². The highest BCUT2D eigenvalue weighted by molar-refractivity contribution is 5.76. The maximum atomic E-state index is 11.5. The lowest BCUT2D eigenvalue weighted by atomic mass is 9.80. The number of nitrogens with two attached hydrogens (primary N) is 1. The molecule has 0 heterocycles. The van der Waals surface area contributed by atoms with E-state index in [1.165, 1.54) is 0 Å². The van der Waals surface area contributed by atoms with E-state index in [0.29, 0.717) is 25.0 Å². The standard InChI is InChI=1S/C12H24N2O2/c1-3-10(13)8-14-12(15)7-9-5-11(6-9)16-4-2/h9-11H,3-8,13H2,1-2H3,(H,14,15). The molecule has 1 rings (SSSR count). The molecule has 0 saturated heterocycles. The average Bonchev–Trinajstić information content (AvgIpc) is 2.23. The van der Waals surface area contributed by atoms with Crippen molar-refractivity contribution in [3.05, 3.63) is 0 Å². The van der Waals surface area contributed by atoms with Gasteiger partial charge in [-0.1, -0.05) is 6.92 Å². The smallest absolute Gasteiger partial charge is 0.220 e. The molecule has 3 N–H and O–H groups in total. The van der Waals surface area contributed by atoms with Gasteiger partial charge in [-0.05, 0) is 32.1 Å². The van der Waals surface area contributed by atoms with Crippen molar-refractivity contribution in [1.29, 1.82) is 0 Å². The summed E-state index contributed by atoms with van der Waals surface area (Å²) in [5.41, 5.74) is 5.73. The molecule has 4 nitrogen and oxygen atoms in total. The van der Waals surface area contributed by atoms with Crippen LogP contribution >= 0.6 is 0 Å². The first-order valence-corrected chi connectivity index (χ1v) is 6.29. The number of hydrogen-bond acceptors (Lipinski definition) is 3.